The van der Waals surface area contributed by atoms with Crippen LogP contribution in [0.4, 0.5) is 5.13 Å². The zero-order chi connectivity index (χ0) is 17.6. The van der Waals surface area contributed by atoms with Gasteiger partial charge in [0.05, 0.1) is 5.75 Å². The summed E-state index contributed by atoms with van der Waals surface area (Å²) in [6.07, 6.45) is 2.03. The molecule has 3 rings (SSSR count). The number of benzene rings is 1. The maximum Gasteiger partial charge on any atom is 0.273 e. The van der Waals surface area contributed by atoms with Crippen LogP contribution < -0.4 is 10.9 Å². The van der Waals surface area contributed by atoms with Crippen LogP contribution in [0.3, 0.4) is 0 Å². The number of rotatable bonds is 6. The zero-order valence-electron chi connectivity index (χ0n) is 13.4. The maximum atomic E-state index is 12.1. The van der Waals surface area contributed by atoms with Gasteiger partial charge in [-0.2, -0.15) is 0 Å². The fourth-order valence-corrected chi connectivity index (χ4v) is 3.15. The lowest BCUT2D eigenvalue weighted by Gasteiger charge is -2.03. The minimum atomic E-state index is -0.293. The van der Waals surface area contributed by atoms with E-state index < -0.39 is 0 Å². The first-order chi connectivity index (χ1) is 12.1. The number of hydrogen-bond acceptors (Lipinski definition) is 7. The van der Waals surface area contributed by atoms with Crippen LogP contribution in [0.2, 0.25) is 0 Å². The second-order valence-corrected chi connectivity index (χ2v) is 7.10. The number of aromatic nitrogens is 4. The molecule has 1 amide bonds. The van der Waals surface area contributed by atoms with E-state index in [1.54, 1.807) is 11.6 Å². The summed E-state index contributed by atoms with van der Waals surface area (Å²) in [4.78, 5) is 30.6. The highest BCUT2D eigenvalue weighted by atomic mass is 32.2. The van der Waals surface area contributed by atoms with Gasteiger partial charge in [-0.05, 0) is 12.5 Å². The maximum absolute atomic E-state index is 12.1. The van der Waals surface area contributed by atoms with Crippen LogP contribution in [-0.4, -0.2) is 31.8 Å². The molecule has 0 radical (unpaired) electrons. The second kappa shape index (κ2) is 8.04. The normalized spacial score (nSPS) is 10.6. The molecule has 0 spiro atoms. The van der Waals surface area contributed by atoms with E-state index in [1.165, 1.54) is 11.3 Å². The Labute approximate surface area is 151 Å². The lowest BCUT2D eigenvalue weighted by molar-refractivity contribution is -0.113. The van der Waals surface area contributed by atoms with Gasteiger partial charge >= 0.3 is 0 Å². The van der Waals surface area contributed by atoms with Gasteiger partial charge < -0.3 is 5.32 Å². The minimum Gasteiger partial charge on any atom is -0.301 e. The Morgan fingerprint density at radius 2 is 2.08 bits per heavy atom. The molecule has 0 aliphatic carbocycles. The summed E-state index contributed by atoms with van der Waals surface area (Å²) in [5.74, 6) is -0.104. The summed E-state index contributed by atoms with van der Waals surface area (Å²) < 4.78 is 0. The van der Waals surface area contributed by atoms with Crippen molar-refractivity contribution in [3.8, 4) is 0 Å². The molecule has 0 atom stereocenters. The van der Waals surface area contributed by atoms with Gasteiger partial charge in [0.1, 0.15) is 5.69 Å². The van der Waals surface area contributed by atoms with Crippen LogP contribution in [0, 0.1) is 6.92 Å². The third-order valence-corrected chi connectivity index (χ3v) is 4.81. The fraction of sp³-hybridized carbons (Fsp3) is 0.188. The molecule has 9 heteroatoms. The monoisotopic (exact) mass is 373 g/mol. The molecule has 128 valence electrons. The molecule has 0 unspecified atom stereocenters. The predicted octanol–water partition coefficient (Wildman–Crippen LogP) is 2.25. The summed E-state index contributed by atoms with van der Waals surface area (Å²) in [5, 5.41) is 13.3. The third-order valence-electron chi connectivity index (χ3n) is 3.25. The van der Waals surface area contributed by atoms with E-state index in [4.69, 9.17) is 0 Å². The van der Waals surface area contributed by atoms with E-state index in [2.05, 4.69) is 25.5 Å². The van der Waals surface area contributed by atoms with Gasteiger partial charge in [-0.1, -0.05) is 41.6 Å². The summed E-state index contributed by atoms with van der Waals surface area (Å²) >= 11 is 2.46. The molecule has 0 aliphatic heterocycles. The molecule has 0 fully saturated rings. The van der Waals surface area contributed by atoms with Crippen LogP contribution in [0.15, 0.2) is 45.8 Å². The van der Waals surface area contributed by atoms with Crippen LogP contribution in [0.5, 0.6) is 0 Å². The molecule has 2 heterocycles. The van der Waals surface area contributed by atoms with E-state index in [0.29, 0.717) is 22.4 Å². The number of thioether (sulfide) groups is 1. The lowest BCUT2D eigenvalue weighted by atomic mass is 10.1. The Morgan fingerprint density at radius 3 is 2.76 bits per heavy atom. The van der Waals surface area contributed by atoms with Gasteiger partial charge in [0.25, 0.3) is 5.56 Å². The first kappa shape index (κ1) is 17.3. The Bertz CT molecular complexity index is 907. The van der Waals surface area contributed by atoms with Crippen LogP contribution in [0.25, 0.3) is 0 Å². The summed E-state index contributed by atoms with van der Waals surface area (Å²) in [5.41, 5.74) is 2.21. The van der Waals surface area contributed by atoms with Crippen LogP contribution >= 0.6 is 23.1 Å². The minimum absolute atomic E-state index is 0.113. The Balaban J connectivity index is 1.58. The SMILES string of the molecule is Cc1ccc(Cc2nnc(SCC(=O)Nc3nccs3)[nH]c2=O)cc1. The molecule has 2 N–H and O–H groups in total. The zero-order valence-corrected chi connectivity index (χ0v) is 15.0. The smallest absolute Gasteiger partial charge is 0.273 e. The molecular formula is C16H15N5O2S2. The summed E-state index contributed by atoms with van der Waals surface area (Å²) in [7, 11) is 0. The number of carbonyl (C=O) groups is 1. The molecule has 7 nitrogen and oxygen atoms in total. The van der Waals surface area contributed by atoms with Crippen molar-refractivity contribution in [1.29, 1.82) is 0 Å². The van der Waals surface area contributed by atoms with Crippen LogP contribution in [0.1, 0.15) is 16.8 Å². The molecule has 0 bridgehead atoms. The largest absolute Gasteiger partial charge is 0.301 e. The second-order valence-electron chi connectivity index (χ2n) is 5.24. The third kappa shape index (κ3) is 4.97. The Kier molecular flexibility index (Phi) is 5.56. The quantitative estimate of drug-likeness (QED) is 0.643. The van der Waals surface area contributed by atoms with Crippen molar-refractivity contribution in [2.75, 3.05) is 11.1 Å². The van der Waals surface area contributed by atoms with Crippen LogP contribution in [-0.2, 0) is 11.2 Å². The van der Waals surface area contributed by atoms with Crippen molar-refractivity contribution in [2.24, 2.45) is 0 Å². The van der Waals surface area contributed by atoms with Gasteiger partial charge in [0.2, 0.25) is 5.91 Å². The number of amides is 1. The highest BCUT2D eigenvalue weighted by Gasteiger charge is 2.09. The standard InChI is InChI=1S/C16H15N5O2S2/c1-10-2-4-11(5-3-10)8-12-14(23)19-16(21-20-12)25-9-13(22)18-15-17-6-7-24-15/h2-7H,8-9H2,1H3,(H,17,18,22)(H,19,21,23). The van der Waals surface area contributed by atoms with E-state index in [-0.39, 0.29) is 17.2 Å². The van der Waals surface area contributed by atoms with Gasteiger partial charge in [0.15, 0.2) is 10.3 Å². The fourth-order valence-electron chi connectivity index (χ4n) is 2.00. The van der Waals surface area contributed by atoms with Gasteiger partial charge in [-0.3, -0.25) is 14.6 Å². The Morgan fingerprint density at radius 1 is 1.28 bits per heavy atom. The van der Waals surface area contributed by atoms with Crippen molar-refractivity contribution in [1.82, 2.24) is 20.2 Å². The number of aryl methyl sites for hydroxylation is 1. The number of thiazole rings is 1. The van der Waals surface area contributed by atoms with E-state index in [1.807, 2.05) is 31.2 Å². The van der Waals surface area contributed by atoms with Crippen molar-refractivity contribution in [3.63, 3.8) is 0 Å². The molecule has 25 heavy (non-hydrogen) atoms. The highest BCUT2D eigenvalue weighted by Crippen LogP contribution is 2.14. The number of nitrogens with zero attached hydrogens (tertiary/aromatic N) is 3. The topological polar surface area (TPSA) is 101 Å². The number of carbonyl (C=O) groups excluding carboxylic acids is 1. The number of aromatic amines is 1. The van der Waals surface area contributed by atoms with E-state index in [9.17, 15) is 9.59 Å². The molecular weight excluding hydrogens is 358 g/mol. The molecule has 2 aromatic heterocycles. The predicted molar refractivity (Wildman–Crippen MR) is 98.1 cm³/mol. The molecule has 0 saturated carbocycles. The summed E-state index contributed by atoms with van der Waals surface area (Å²) in [6, 6.07) is 7.90. The van der Waals surface area contributed by atoms with Crippen molar-refractivity contribution in [2.45, 2.75) is 18.5 Å². The molecule has 0 saturated heterocycles. The average molecular weight is 373 g/mol. The Hall–Kier alpha value is -2.52. The van der Waals surface area contributed by atoms with Crippen molar-refractivity contribution >= 4 is 34.1 Å². The van der Waals surface area contributed by atoms with Gasteiger partial charge in [-0.15, -0.1) is 21.5 Å². The van der Waals surface area contributed by atoms with Crippen molar-refractivity contribution in [3.05, 3.63) is 63.0 Å². The molecule has 1 aromatic carbocycles. The van der Waals surface area contributed by atoms with E-state index >= 15 is 0 Å². The number of hydrogen-bond donors (Lipinski definition) is 2. The first-order valence-electron chi connectivity index (χ1n) is 7.44. The highest BCUT2D eigenvalue weighted by molar-refractivity contribution is 7.99. The molecule has 3 aromatic rings. The number of nitrogens with one attached hydrogen (secondary N) is 2. The molecule has 0 aliphatic rings. The summed E-state index contributed by atoms with van der Waals surface area (Å²) in [6.45, 7) is 2.01. The number of anilines is 1. The van der Waals surface area contributed by atoms with E-state index in [0.717, 1.165) is 22.9 Å². The van der Waals surface area contributed by atoms with Gasteiger partial charge in [0, 0.05) is 18.0 Å². The number of H-pyrrole nitrogens is 1. The van der Waals surface area contributed by atoms with Crippen molar-refractivity contribution < 1.29 is 4.79 Å². The average Bonchev–Trinajstić information content (AvgIpc) is 3.10. The lowest BCUT2D eigenvalue weighted by Crippen LogP contribution is -2.19. The van der Waals surface area contributed by atoms with Gasteiger partial charge in [-0.25, -0.2) is 4.98 Å². The first-order valence-corrected chi connectivity index (χ1v) is 9.30.